The predicted molar refractivity (Wildman–Crippen MR) is 116 cm³/mol. The summed E-state index contributed by atoms with van der Waals surface area (Å²) < 4.78 is 5.48. The van der Waals surface area contributed by atoms with Crippen LogP contribution in [0.15, 0.2) is 0 Å². The average molecular weight is 385 g/mol. The number of hydrogen-bond acceptors (Lipinski definition) is 3. The number of esters is 1. The molecule has 0 amide bonds. The van der Waals surface area contributed by atoms with E-state index < -0.39 is 0 Å². The third-order valence-electron chi connectivity index (χ3n) is 5.28. The van der Waals surface area contributed by atoms with Crippen molar-refractivity contribution in [2.24, 2.45) is 5.92 Å². The minimum absolute atomic E-state index is 0.00960. The molecule has 0 N–H and O–H groups in total. The summed E-state index contributed by atoms with van der Waals surface area (Å²) in [6, 6.07) is 0. The van der Waals surface area contributed by atoms with E-state index in [1.165, 1.54) is 95.6 Å². The van der Waals surface area contributed by atoms with Crippen molar-refractivity contribution in [3.63, 3.8) is 0 Å². The molecule has 3 heteroatoms. The summed E-state index contributed by atoms with van der Waals surface area (Å²) in [6.45, 7) is 4.31. The fraction of sp³-hybridized carbons (Fsp3) is 0.957. The lowest BCUT2D eigenvalue weighted by molar-refractivity contribution is -0.147. The van der Waals surface area contributed by atoms with E-state index >= 15 is 0 Å². The van der Waals surface area contributed by atoms with Gasteiger partial charge in [0.25, 0.3) is 0 Å². The van der Waals surface area contributed by atoms with Crippen molar-refractivity contribution in [3.8, 4) is 0 Å². The van der Waals surface area contributed by atoms with Gasteiger partial charge in [-0.25, -0.2) is 0 Å². The molecule has 2 nitrogen and oxygen atoms in total. The van der Waals surface area contributed by atoms with Gasteiger partial charge in [0.1, 0.15) is 6.10 Å². The molecule has 0 aromatic rings. The van der Waals surface area contributed by atoms with E-state index in [4.69, 9.17) is 4.74 Å². The molecule has 1 saturated carbocycles. The summed E-state index contributed by atoms with van der Waals surface area (Å²) in [7, 11) is 0. The number of ether oxygens (including phenoxy) is 1. The van der Waals surface area contributed by atoms with Gasteiger partial charge >= 0.3 is 5.97 Å². The smallest absolute Gasteiger partial charge is 0.306 e. The molecule has 1 aliphatic carbocycles. The molecular weight excluding hydrogens is 340 g/mol. The van der Waals surface area contributed by atoms with Crippen molar-refractivity contribution in [1.29, 1.82) is 0 Å². The Morgan fingerprint density at radius 3 is 2.00 bits per heavy atom. The third-order valence-corrected chi connectivity index (χ3v) is 6.56. The Morgan fingerprint density at radius 1 is 0.923 bits per heavy atom. The van der Waals surface area contributed by atoms with Crippen molar-refractivity contribution in [2.45, 2.75) is 123 Å². The van der Waals surface area contributed by atoms with Crippen LogP contribution in [0.3, 0.4) is 0 Å². The van der Waals surface area contributed by atoms with Crippen LogP contribution in [0, 0.1) is 5.92 Å². The lowest BCUT2D eigenvalue weighted by Crippen LogP contribution is -2.17. The molecule has 154 valence electrons. The molecule has 0 aromatic carbocycles. The van der Waals surface area contributed by atoms with E-state index in [9.17, 15) is 4.79 Å². The van der Waals surface area contributed by atoms with Gasteiger partial charge in [-0.05, 0) is 31.4 Å². The third kappa shape index (κ3) is 16.0. The summed E-state index contributed by atoms with van der Waals surface area (Å²) in [6.07, 6.45) is 21.2. The first-order valence-corrected chi connectivity index (χ1v) is 12.6. The van der Waals surface area contributed by atoms with E-state index in [0.717, 1.165) is 18.1 Å². The fourth-order valence-electron chi connectivity index (χ4n) is 3.34. The van der Waals surface area contributed by atoms with Gasteiger partial charge in [-0.15, -0.1) is 0 Å². The Bertz CT molecular complexity index is 328. The van der Waals surface area contributed by atoms with Crippen LogP contribution in [0.25, 0.3) is 0 Å². The molecule has 0 spiro atoms. The molecule has 0 bridgehead atoms. The number of rotatable bonds is 19. The minimum Gasteiger partial charge on any atom is -0.462 e. The summed E-state index contributed by atoms with van der Waals surface area (Å²) in [5, 5.41) is 0. The molecule has 1 fully saturated rings. The lowest BCUT2D eigenvalue weighted by Gasteiger charge is -2.12. The van der Waals surface area contributed by atoms with Crippen molar-refractivity contribution >= 4 is 17.7 Å². The summed E-state index contributed by atoms with van der Waals surface area (Å²) in [5.41, 5.74) is 0. The van der Waals surface area contributed by atoms with Gasteiger partial charge in [-0.2, -0.15) is 11.8 Å². The van der Waals surface area contributed by atoms with Gasteiger partial charge in [0.05, 0.1) is 0 Å². The second-order valence-corrected chi connectivity index (χ2v) is 9.40. The summed E-state index contributed by atoms with van der Waals surface area (Å²) in [5.74, 6) is 2.99. The van der Waals surface area contributed by atoms with Gasteiger partial charge in [0.2, 0.25) is 0 Å². The highest BCUT2D eigenvalue weighted by Gasteiger charge is 2.22. The van der Waals surface area contributed by atoms with E-state index in [-0.39, 0.29) is 12.1 Å². The fourth-order valence-corrected chi connectivity index (χ4v) is 4.32. The maximum atomic E-state index is 11.7. The molecule has 0 saturated heterocycles. The van der Waals surface area contributed by atoms with Crippen LogP contribution in [-0.2, 0) is 9.53 Å². The molecule has 0 heterocycles. The van der Waals surface area contributed by atoms with Crippen molar-refractivity contribution in [2.75, 3.05) is 11.5 Å². The van der Waals surface area contributed by atoms with Crippen molar-refractivity contribution < 1.29 is 9.53 Å². The average Bonchev–Trinajstić information content (AvgIpc) is 3.44. The topological polar surface area (TPSA) is 26.3 Å². The van der Waals surface area contributed by atoms with Crippen LogP contribution in [0.5, 0.6) is 0 Å². The number of carbonyl (C=O) groups excluding carboxylic acids is 1. The Hall–Kier alpha value is -0.180. The normalized spacial score (nSPS) is 15.2. The predicted octanol–water partition coefficient (Wildman–Crippen LogP) is 7.54. The zero-order chi connectivity index (χ0) is 18.9. The number of thioether (sulfide) groups is 1. The first kappa shape index (κ1) is 23.9. The lowest BCUT2D eigenvalue weighted by atomic mass is 10.1. The molecule has 0 aromatic heterocycles. The second kappa shape index (κ2) is 17.0. The standard InChI is InChI=1S/C23H44O2S/c1-3-4-5-6-7-8-9-10-11-12-13-14-19-26-20-21(2)25-23(24)18-17-22-15-16-22/h21-22H,3-20H2,1-2H3. The molecule has 1 unspecified atom stereocenters. The van der Waals surface area contributed by atoms with Gasteiger partial charge in [-0.3, -0.25) is 4.79 Å². The maximum Gasteiger partial charge on any atom is 0.306 e. The molecule has 0 aliphatic heterocycles. The molecule has 1 aliphatic rings. The maximum absolute atomic E-state index is 11.7. The number of carbonyl (C=O) groups is 1. The Kier molecular flexibility index (Phi) is 15.6. The monoisotopic (exact) mass is 384 g/mol. The van der Waals surface area contributed by atoms with Crippen molar-refractivity contribution in [3.05, 3.63) is 0 Å². The quantitative estimate of drug-likeness (QED) is 0.170. The van der Waals surface area contributed by atoms with Crippen LogP contribution in [0.1, 0.15) is 117 Å². The molecule has 1 rings (SSSR count). The van der Waals surface area contributed by atoms with Gasteiger partial charge in [-0.1, -0.05) is 90.4 Å². The van der Waals surface area contributed by atoms with Crippen LogP contribution in [0.2, 0.25) is 0 Å². The van der Waals surface area contributed by atoms with Gasteiger partial charge in [0, 0.05) is 12.2 Å². The van der Waals surface area contributed by atoms with E-state index in [0.29, 0.717) is 6.42 Å². The van der Waals surface area contributed by atoms with Gasteiger partial charge < -0.3 is 4.74 Å². The molecular formula is C23H44O2S. The first-order valence-electron chi connectivity index (χ1n) is 11.5. The minimum atomic E-state index is 0.00960. The van der Waals surface area contributed by atoms with E-state index in [1.807, 2.05) is 18.7 Å². The van der Waals surface area contributed by atoms with Crippen LogP contribution in [-0.4, -0.2) is 23.6 Å². The van der Waals surface area contributed by atoms with Gasteiger partial charge in [0.15, 0.2) is 0 Å². The summed E-state index contributed by atoms with van der Waals surface area (Å²) in [4.78, 5) is 11.7. The Morgan fingerprint density at radius 2 is 1.46 bits per heavy atom. The SMILES string of the molecule is CCCCCCCCCCCCCCSCC(C)OC(=O)CCC1CC1. The molecule has 26 heavy (non-hydrogen) atoms. The summed E-state index contributed by atoms with van der Waals surface area (Å²) >= 11 is 1.94. The molecule has 0 radical (unpaired) electrons. The molecule has 1 atom stereocenters. The van der Waals surface area contributed by atoms with E-state index in [2.05, 4.69) is 6.92 Å². The van der Waals surface area contributed by atoms with Crippen molar-refractivity contribution in [1.82, 2.24) is 0 Å². The number of hydrogen-bond donors (Lipinski definition) is 0. The van der Waals surface area contributed by atoms with Crippen LogP contribution in [0.4, 0.5) is 0 Å². The Labute approximate surface area is 167 Å². The first-order chi connectivity index (χ1) is 12.7. The largest absolute Gasteiger partial charge is 0.462 e. The van der Waals surface area contributed by atoms with E-state index in [1.54, 1.807) is 0 Å². The highest BCUT2D eigenvalue weighted by atomic mass is 32.2. The Balaban J connectivity index is 1.73. The van der Waals surface area contributed by atoms with Crippen LogP contribution < -0.4 is 0 Å². The zero-order valence-electron chi connectivity index (χ0n) is 17.6. The second-order valence-electron chi connectivity index (χ2n) is 8.25. The number of unbranched alkanes of at least 4 members (excludes halogenated alkanes) is 11. The highest BCUT2D eigenvalue weighted by Crippen LogP contribution is 2.33. The van der Waals surface area contributed by atoms with Crippen LogP contribution >= 0.6 is 11.8 Å². The highest BCUT2D eigenvalue weighted by molar-refractivity contribution is 7.99. The zero-order valence-corrected chi connectivity index (χ0v) is 18.4.